The highest BCUT2D eigenvalue weighted by molar-refractivity contribution is 6.35. The van der Waals surface area contributed by atoms with Crippen LogP contribution in [0, 0.1) is 13.8 Å². The molecule has 0 atom stereocenters. The third kappa shape index (κ3) is 5.69. The maximum atomic E-state index is 11.9. The predicted molar refractivity (Wildman–Crippen MR) is 95.0 cm³/mol. The number of hydrazine groups is 1. The lowest BCUT2D eigenvalue weighted by Gasteiger charge is -2.09. The highest BCUT2D eigenvalue weighted by Crippen LogP contribution is 2.27. The maximum Gasteiger partial charge on any atom is 0.273 e. The van der Waals surface area contributed by atoms with Gasteiger partial charge in [0.25, 0.3) is 5.91 Å². The molecule has 2 amide bonds. The van der Waals surface area contributed by atoms with E-state index in [2.05, 4.69) is 10.9 Å². The van der Waals surface area contributed by atoms with E-state index in [0.717, 1.165) is 0 Å². The van der Waals surface area contributed by atoms with Gasteiger partial charge in [-0.05, 0) is 44.5 Å². The van der Waals surface area contributed by atoms with Crippen LogP contribution in [0.1, 0.15) is 34.7 Å². The summed E-state index contributed by atoms with van der Waals surface area (Å²) >= 11 is 11.8. The number of hydrogen-bond acceptors (Lipinski definition) is 4. The lowest BCUT2D eigenvalue weighted by atomic mass is 10.2. The van der Waals surface area contributed by atoms with Gasteiger partial charge in [-0.3, -0.25) is 20.4 Å². The molecule has 0 spiro atoms. The second-order valence-corrected chi connectivity index (χ2v) is 6.20. The molecule has 0 saturated carbocycles. The fourth-order valence-electron chi connectivity index (χ4n) is 2.12. The van der Waals surface area contributed by atoms with Crippen molar-refractivity contribution in [2.45, 2.75) is 26.7 Å². The van der Waals surface area contributed by atoms with Gasteiger partial charge in [0.15, 0.2) is 0 Å². The summed E-state index contributed by atoms with van der Waals surface area (Å²) in [5, 5.41) is 0.936. The van der Waals surface area contributed by atoms with Crippen molar-refractivity contribution in [3.8, 4) is 5.75 Å². The molecule has 1 aromatic heterocycles. The predicted octanol–water partition coefficient (Wildman–Crippen LogP) is 3.82. The van der Waals surface area contributed by atoms with Crippen molar-refractivity contribution in [2.24, 2.45) is 0 Å². The van der Waals surface area contributed by atoms with Crippen LogP contribution in [0.15, 0.2) is 28.7 Å². The third-order valence-corrected chi connectivity index (χ3v) is 3.83. The van der Waals surface area contributed by atoms with Crippen LogP contribution in [-0.2, 0) is 4.79 Å². The van der Waals surface area contributed by atoms with E-state index in [0.29, 0.717) is 45.9 Å². The highest BCUT2D eigenvalue weighted by atomic mass is 35.5. The number of halogens is 2. The first-order chi connectivity index (χ1) is 11.9. The molecular formula is C17H18Cl2N2O4. The Morgan fingerprint density at radius 3 is 2.56 bits per heavy atom. The molecule has 6 nitrogen and oxygen atoms in total. The standard InChI is InChI=1S/C17H18Cl2N2O4/c1-10-8-13(11(2)25-10)17(23)21-20-16(22)4-3-7-24-15-6-5-12(18)9-14(15)19/h5-6,8-9H,3-4,7H2,1-2H3,(H,20,22)(H,21,23). The molecule has 0 unspecified atom stereocenters. The summed E-state index contributed by atoms with van der Waals surface area (Å²) < 4.78 is 10.8. The molecule has 0 aliphatic rings. The number of rotatable bonds is 6. The number of amides is 2. The number of furan rings is 1. The van der Waals surface area contributed by atoms with Crippen LogP contribution in [0.5, 0.6) is 5.75 Å². The monoisotopic (exact) mass is 384 g/mol. The van der Waals surface area contributed by atoms with Crippen molar-refractivity contribution in [2.75, 3.05) is 6.61 Å². The Labute approximate surface area is 155 Å². The normalized spacial score (nSPS) is 10.4. The lowest BCUT2D eigenvalue weighted by Crippen LogP contribution is -2.41. The lowest BCUT2D eigenvalue weighted by molar-refractivity contribution is -0.122. The Balaban J connectivity index is 1.69. The zero-order valence-corrected chi connectivity index (χ0v) is 15.3. The summed E-state index contributed by atoms with van der Waals surface area (Å²) in [6, 6.07) is 6.53. The Morgan fingerprint density at radius 1 is 1.16 bits per heavy atom. The minimum absolute atomic E-state index is 0.189. The first-order valence-corrected chi connectivity index (χ1v) is 8.36. The number of nitrogens with one attached hydrogen (secondary N) is 2. The quantitative estimate of drug-likeness (QED) is 0.585. The summed E-state index contributed by atoms with van der Waals surface area (Å²) in [5.41, 5.74) is 5.09. The molecule has 8 heteroatoms. The van der Waals surface area contributed by atoms with E-state index in [1.807, 2.05) is 0 Å². The number of hydrogen-bond donors (Lipinski definition) is 2. The second kappa shape index (κ2) is 8.78. The van der Waals surface area contributed by atoms with Gasteiger partial charge >= 0.3 is 0 Å². The Kier molecular flexibility index (Phi) is 6.73. The molecule has 2 rings (SSSR count). The molecule has 134 valence electrons. The maximum absolute atomic E-state index is 11.9. The van der Waals surface area contributed by atoms with Crippen molar-refractivity contribution in [1.82, 2.24) is 10.9 Å². The molecular weight excluding hydrogens is 367 g/mol. The number of aryl methyl sites for hydroxylation is 2. The molecule has 0 radical (unpaired) electrons. The highest BCUT2D eigenvalue weighted by Gasteiger charge is 2.14. The molecule has 1 heterocycles. The van der Waals surface area contributed by atoms with Crippen LogP contribution in [0.25, 0.3) is 0 Å². The fraction of sp³-hybridized carbons (Fsp3) is 0.294. The molecule has 25 heavy (non-hydrogen) atoms. The van der Waals surface area contributed by atoms with E-state index < -0.39 is 5.91 Å². The summed E-state index contributed by atoms with van der Waals surface area (Å²) in [6.45, 7) is 3.74. The molecule has 0 aliphatic carbocycles. The van der Waals surface area contributed by atoms with E-state index in [9.17, 15) is 9.59 Å². The molecule has 0 fully saturated rings. The Hall–Kier alpha value is -2.18. The van der Waals surface area contributed by atoms with Crippen molar-refractivity contribution in [3.05, 3.63) is 51.4 Å². The summed E-state index contributed by atoms with van der Waals surface area (Å²) in [5.74, 6) is 0.888. The van der Waals surface area contributed by atoms with Gasteiger partial charge in [-0.2, -0.15) is 0 Å². The van der Waals surface area contributed by atoms with E-state index in [4.69, 9.17) is 32.4 Å². The van der Waals surface area contributed by atoms with Crippen LogP contribution < -0.4 is 15.6 Å². The molecule has 0 aliphatic heterocycles. The fourth-order valence-corrected chi connectivity index (χ4v) is 2.58. The summed E-state index contributed by atoms with van der Waals surface area (Å²) in [4.78, 5) is 23.7. The molecule has 1 aromatic carbocycles. The number of carbonyl (C=O) groups excluding carboxylic acids is 2. The molecule has 2 N–H and O–H groups in total. The number of carbonyl (C=O) groups is 2. The average Bonchev–Trinajstić information content (AvgIpc) is 2.89. The van der Waals surface area contributed by atoms with Gasteiger partial charge in [0.1, 0.15) is 17.3 Å². The third-order valence-electron chi connectivity index (χ3n) is 3.30. The van der Waals surface area contributed by atoms with E-state index in [-0.39, 0.29) is 12.3 Å². The second-order valence-electron chi connectivity index (χ2n) is 5.36. The van der Waals surface area contributed by atoms with E-state index in [1.54, 1.807) is 38.1 Å². The van der Waals surface area contributed by atoms with Gasteiger partial charge in [-0.25, -0.2) is 0 Å². The first kappa shape index (κ1) is 19.1. The minimum Gasteiger partial charge on any atom is -0.492 e. The molecule has 2 aromatic rings. The van der Waals surface area contributed by atoms with Gasteiger partial charge in [0.2, 0.25) is 5.91 Å². The molecule has 0 bridgehead atoms. The SMILES string of the molecule is Cc1cc(C(=O)NNC(=O)CCCOc2ccc(Cl)cc2Cl)c(C)o1. The zero-order chi connectivity index (χ0) is 18.4. The smallest absolute Gasteiger partial charge is 0.273 e. The minimum atomic E-state index is -0.424. The topological polar surface area (TPSA) is 80.6 Å². The van der Waals surface area contributed by atoms with Gasteiger partial charge in [-0.15, -0.1) is 0 Å². The van der Waals surface area contributed by atoms with Crippen LogP contribution in [0.2, 0.25) is 10.0 Å². The van der Waals surface area contributed by atoms with Gasteiger partial charge < -0.3 is 9.15 Å². The van der Waals surface area contributed by atoms with Crippen molar-refractivity contribution in [3.63, 3.8) is 0 Å². The average molecular weight is 385 g/mol. The van der Waals surface area contributed by atoms with Crippen LogP contribution in [0.3, 0.4) is 0 Å². The van der Waals surface area contributed by atoms with Crippen LogP contribution in [0.4, 0.5) is 0 Å². The summed E-state index contributed by atoms with van der Waals surface area (Å²) in [6.07, 6.45) is 0.652. The van der Waals surface area contributed by atoms with Crippen LogP contribution in [-0.4, -0.2) is 18.4 Å². The number of benzene rings is 1. The largest absolute Gasteiger partial charge is 0.492 e. The van der Waals surface area contributed by atoms with Gasteiger partial charge in [-0.1, -0.05) is 23.2 Å². The van der Waals surface area contributed by atoms with Gasteiger partial charge in [0, 0.05) is 11.4 Å². The van der Waals surface area contributed by atoms with Crippen molar-refractivity contribution in [1.29, 1.82) is 0 Å². The number of ether oxygens (including phenoxy) is 1. The molecule has 0 saturated heterocycles. The summed E-state index contributed by atoms with van der Waals surface area (Å²) in [7, 11) is 0. The van der Waals surface area contributed by atoms with Crippen molar-refractivity contribution >= 4 is 35.0 Å². The Morgan fingerprint density at radius 2 is 1.92 bits per heavy atom. The Bertz CT molecular complexity index is 774. The van der Waals surface area contributed by atoms with Crippen molar-refractivity contribution < 1.29 is 18.7 Å². The van der Waals surface area contributed by atoms with Gasteiger partial charge in [0.05, 0.1) is 17.2 Å². The van der Waals surface area contributed by atoms with E-state index >= 15 is 0 Å². The van der Waals surface area contributed by atoms with E-state index in [1.165, 1.54) is 0 Å². The first-order valence-electron chi connectivity index (χ1n) is 7.61. The van der Waals surface area contributed by atoms with Crippen LogP contribution >= 0.6 is 23.2 Å². The zero-order valence-electron chi connectivity index (χ0n) is 13.8.